The van der Waals surface area contributed by atoms with Crippen molar-refractivity contribution in [1.29, 1.82) is 0 Å². The van der Waals surface area contributed by atoms with Gasteiger partial charge in [-0.3, -0.25) is 4.79 Å². The SMILES string of the molecule is CC1(C)COC(CCCC(=O)c2ccccc2)OC1. The van der Waals surface area contributed by atoms with E-state index in [2.05, 4.69) is 13.8 Å². The van der Waals surface area contributed by atoms with E-state index >= 15 is 0 Å². The topological polar surface area (TPSA) is 35.5 Å². The molecule has 0 radical (unpaired) electrons. The van der Waals surface area contributed by atoms with E-state index in [4.69, 9.17) is 9.47 Å². The number of carbonyl (C=O) groups is 1. The van der Waals surface area contributed by atoms with E-state index < -0.39 is 0 Å². The first-order chi connectivity index (χ1) is 9.07. The van der Waals surface area contributed by atoms with Crippen LogP contribution in [-0.2, 0) is 9.47 Å². The van der Waals surface area contributed by atoms with Gasteiger partial charge in [0.25, 0.3) is 0 Å². The summed E-state index contributed by atoms with van der Waals surface area (Å²) in [6.45, 7) is 5.71. The highest BCUT2D eigenvalue weighted by Crippen LogP contribution is 2.25. The molecule has 0 bridgehead atoms. The Morgan fingerprint density at radius 2 is 1.84 bits per heavy atom. The molecule has 19 heavy (non-hydrogen) atoms. The summed E-state index contributed by atoms with van der Waals surface area (Å²) in [6, 6.07) is 9.42. The van der Waals surface area contributed by atoms with Crippen molar-refractivity contribution in [2.24, 2.45) is 5.41 Å². The first kappa shape index (κ1) is 14.2. The van der Waals surface area contributed by atoms with Crippen LogP contribution in [0.25, 0.3) is 0 Å². The Morgan fingerprint density at radius 1 is 1.21 bits per heavy atom. The molecule has 0 aliphatic carbocycles. The van der Waals surface area contributed by atoms with E-state index in [0.717, 1.165) is 31.6 Å². The number of ketones is 1. The van der Waals surface area contributed by atoms with Gasteiger partial charge in [-0.1, -0.05) is 44.2 Å². The van der Waals surface area contributed by atoms with Crippen molar-refractivity contribution in [1.82, 2.24) is 0 Å². The zero-order chi connectivity index (χ0) is 13.7. The molecule has 2 rings (SSSR count). The molecule has 0 N–H and O–H groups in total. The third kappa shape index (κ3) is 4.44. The van der Waals surface area contributed by atoms with E-state index in [1.54, 1.807) is 0 Å². The molecule has 0 spiro atoms. The molecule has 0 saturated carbocycles. The van der Waals surface area contributed by atoms with Crippen molar-refractivity contribution >= 4 is 5.78 Å². The van der Waals surface area contributed by atoms with Crippen LogP contribution in [0, 0.1) is 5.41 Å². The second-order valence-electron chi connectivity index (χ2n) is 5.90. The van der Waals surface area contributed by atoms with Gasteiger partial charge < -0.3 is 9.47 Å². The number of ether oxygens (including phenoxy) is 2. The quantitative estimate of drug-likeness (QED) is 0.762. The molecule has 0 unspecified atom stereocenters. The summed E-state index contributed by atoms with van der Waals surface area (Å²) in [6.07, 6.45) is 2.00. The predicted octanol–water partition coefficient (Wildman–Crippen LogP) is 3.44. The van der Waals surface area contributed by atoms with Gasteiger partial charge in [0.05, 0.1) is 13.2 Å². The molecule has 3 nitrogen and oxygen atoms in total. The van der Waals surface area contributed by atoms with Crippen LogP contribution in [0.2, 0.25) is 0 Å². The van der Waals surface area contributed by atoms with Crippen LogP contribution >= 0.6 is 0 Å². The predicted molar refractivity (Wildman–Crippen MR) is 74.1 cm³/mol. The minimum absolute atomic E-state index is 0.107. The second kappa shape index (κ2) is 6.31. The zero-order valence-corrected chi connectivity index (χ0v) is 11.7. The van der Waals surface area contributed by atoms with Crippen LogP contribution in [0.3, 0.4) is 0 Å². The van der Waals surface area contributed by atoms with Gasteiger partial charge in [-0.05, 0) is 12.8 Å². The van der Waals surface area contributed by atoms with Crippen molar-refractivity contribution in [3.63, 3.8) is 0 Å². The van der Waals surface area contributed by atoms with Gasteiger partial charge in [0.15, 0.2) is 12.1 Å². The molecular formula is C16H22O3. The maximum Gasteiger partial charge on any atom is 0.162 e. The summed E-state index contributed by atoms with van der Waals surface area (Å²) >= 11 is 0. The summed E-state index contributed by atoms with van der Waals surface area (Å²) in [5, 5.41) is 0. The molecule has 0 atom stereocenters. The van der Waals surface area contributed by atoms with Crippen molar-refractivity contribution in [3.05, 3.63) is 35.9 Å². The van der Waals surface area contributed by atoms with Gasteiger partial charge in [-0.15, -0.1) is 0 Å². The Labute approximate surface area is 114 Å². The highest BCUT2D eigenvalue weighted by molar-refractivity contribution is 5.95. The number of hydrogen-bond donors (Lipinski definition) is 0. The van der Waals surface area contributed by atoms with Crippen molar-refractivity contribution in [2.45, 2.75) is 39.4 Å². The van der Waals surface area contributed by atoms with Crippen LogP contribution in [0.1, 0.15) is 43.5 Å². The number of hydrogen-bond acceptors (Lipinski definition) is 3. The average molecular weight is 262 g/mol. The van der Waals surface area contributed by atoms with Gasteiger partial charge >= 0.3 is 0 Å². The number of benzene rings is 1. The van der Waals surface area contributed by atoms with Crippen LogP contribution < -0.4 is 0 Å². The molecule has 3 heteroatoms. The first-order valence-electron chi connectivity index (χ1n) is 6.88. The molecule has 1 saturated heterocycles. The van der Waals surface area contributed by atoms with Crippen LogP contribution in [0.4, 0.5) is 0 Å². The Balaban J connectivity index is 1.69. The van der Waals surface area contributed by atoms with Crippen molar-refractivity contribution in [2.75, 3.05) is 13.2 Å². The molecule has 1 aliphatic rings. The highest BCUT2D eigenvalue weighted by Gasteiger charge is 2.27. The Morgan fingerprint density at radius 3 is 2.47 bits per heavy atom. The molecule has 0 aromatic heterocycles. The zero-order valence-electron chi connectivity index (χ0n) is 11.7. The third-order valence-electron chi connectivity index (χ3n) is 3.26. The minimum Gasteiger partial charge on any atom is -0.352 e. The molecule has 104 valence electrons. The van der Waals surface area contributed by atoms with E-state index in [1.807, 2.05) is 30.3 Å². The molecule has 1 aliphatic heterocycles. The van der Waals surface area contributed by atoms with E-state index in [-0.39, 0.29) is 17.5 Å². The number of carbonyl (C=O) groups excluding carboxylic acids is 1. The van der Waals surface area contributed by atoms with Gasteiger partial charge in [-0.2, -0.15) is 0 Å². The lowest BCUT2D eigenvalue weighted by atomic mass is 9.95. The number of Topliss-reactive ketones (excluding diaryl/α,β-unsaturated/α-hetero) is 1. The Hall–Kier alpha value is -1.19. The van der Waals surface area contributed by atoms with Crippen molar-refractivity contribution in [3.8, 4) is 0 Å². The van der Waals surface area contributed by atoms with Crippen LogP contribution in [-0.4, -0.2) is 25.3 Å². The fourth-order valence-electron chi connectivity index (χ4n) is 2.09. The molecule has 1 fully saturated rings. The number of rotatable bonds is 5. The summed E-state index contributed by atoms with van der Waals surface area (Å²) in [5.41, 5.74) is 0.894. The average Bonchev–Trinajstić information content (AvgIpc) is 2.41. The van der Waals surface area contributed by atoms with Gasteiger partial charge in [0.2, 0.25) is 0 Å². The maximum absolute atomic E-state index is 11.9. The van der Waals surface area contributed by atoms with Gasteiger partial charge in [-0.25, -0.2) is 0 Å². The normalized spacial score (nSPS) is 19.3. The first-order valence-corrected chi connectivity index (χ1v) is 6.88. The lowest BCUT2D eigenvalue weighted by molar-refractivity contribution is -0.223. The third-order valence-corrected chi connectivity index (χ3v) is 3.26. The summed E-state index contributed by atoms with van der Waals surface area (Å²) < 4.78 is 11.3. The smallest absolute Gasteiger partial charge is 0.162 e. The summed E-state index contributed by atoms with van der Waals surface area (Å²) in [5.74, 6) is 0.191. The molecule has 0 amide bonds. The monoisotopic (exact) mass is 262 g/mol. The van der Waals surface area contributed by atoms with Crippen LogP contribution in [0.15, 0.2) is 30.3 Å². The summed E-state index contributed by atoms with van der Waals surface area (Å²) in [7, 11) is 0. The van der Waals surface area contributed by atoms with Gasteiger partial charge in [0, 0.05) is 17.4 Å². The summed E-state index contributed by atoms with van der Waals surface area (Å²) in [4.78, 5) is 11.9. The van der Waals surface area contributed by atoms with Crippen molar-refractivity contribution < 1.29 is 14.3 Å². The van der Waals surface area contributed by atoms with Gasteiger partial charge in [0.1, 0.15) is 0 Å². The largest absolute Gasteiger partial charge is 0.352 e. The minimum atomic E-state index is -0.142. The molecular weight excluding hydrogens is 240 g/mol. The maximum atomic E-state index is 11.9. The Bertz CT molecular complexity index is 401. The van der Waals surface area contributed by atoms with E-state index in [1.165, 1.54) is 0 Å². The van der Waals surface area contributed by atoms with E-state index in [0.29, 0.717) is 6.42 Å². The molecule has 1 heterocycles. The van der Waals surface area contributed by atoms with E-state index in [9.17, 15) is 4.79 Å². The lowest BCUT2D eigenvalue weighted by Gasteiger charge is -2.34. The molecule has 1 aromatic carbocycles. The fraction of sp³-hybridized carbons (Fsp3) is 0.562. The molecule has 1 aromatic rings. The standard InChI is InChI=1S/C16H22O3/c1-16(2)11-18-15(19-12-16)10-6-9-14(17)13-7-4-3-5-8-13/h3-5,7-8,15H,6,9-12H2,1-2H3. The second-order valence-corrected chi connectivity index (χ2v) is 5.90. The lowest BCUT2D eigenvalue weighted by Crippen LogP contribution is -2.37. The Kier molecular flexibility index (Phi) is 4.72. The fourth-order valence-corrected chi connectivity index (χ4v) is 2.09. The highest BCUT2D eigenvalue weighted by atomic mass is 16.7. The van der Waals surface area contributed by atoms with Crippen LogP contribution in [0.5, 0.6) is 0 Å².